The van der Waals surface area contributed by atoms with E-state index in [2.05, 4.69) is 4.98 Å². The van der Waals surface area contributed by atoms with E-state index in [1.165, 1.54) is 7.05 Å². The molecule has 0 atom stereocenters. The molecule has 1 amide bonds. The van der Waals surface area contributed by atoms with E-state index in [4.69, 9.17) is 11.6 Å². The molecule has 6 heteroatoms. The van der Waals surface area contributed by atoms with E-state index >= 15 is 0 Å². The fourth-order valence-corrected chi connectivity index (χ4v) is 1.63. The van der Waals surface area contributed by atoms with Gasteiger partial charge in [0.15, 0.2) is 5.69 Å². The number of hydrogen-bond acceptors (Lipinski definition) is 4. The Balaban J connectivity index is 2.24. The molecule has 6 nitrogen and oxygen atoms in total. The van der Waals surface area contributed by atoms with Crippen LogP contribution in [-0.4, -0.2) is 27.5 Å². The van der Waals surface area contributed by atoms with Gasteiger partial charge in [0.25, 0.3) is 5.91 Å². The number of imidazole rings is 1. The summed E-state index contributed by atoms with van der Waals surface area (Å²) in [7, 11) is 1.46. The van der Waals surface area contributed by atoms with Gasteiger partial charge in [-0.1, -0.05) is 30.3 Å². The fourth-order valence-electron chi connectivity index (χ4n) is 1.63. The minimum atomic E-state index is -0.403. The monoisotopic (exact) mass is 245 g/mol. The maximum Gasteiger partial charge on any atom is 0.289 e. The number of hydrogen-bond donors (Lipinski definition) is 2. The molecule has 2 aromatic rings. The summed E-state index contributed by atoms with van der Waals surface area (Å²) in [5.41, 5.74) is 7.15. The molecule has 4 N–H and O–H groups in total. The predicted octanol–water partition coefficient (Wildman–Crippen LogP) is 0.459. The Kier molecular flexibility index (Phi) is 3.29. The van der Waals surface area contributed by atoms with Gasteiger partial charge in [-0.2, -0.15) is 0 Å². The third-order valence-electron chi connectivity index (χ3n) is 2.60. The number of carbonyl (C=O) groups excluding carboxylic acids is 1. The highest BCUT2D eigenvalue weighted by Crippen LogP contribution is 2.13. The zero-order chi connectivity index (χ0) is 13.1. The predicted molar refractivity (Wildman–Crippen MR) is 68.5 cm³/mol. The zero-order valence-corrected chi connectivity index (χ0v) is 10.1. The Hall–Kier alpha value is -2.34. The molecule has 18 heavy (non-hydrogen) atoms. The molecule has 0 unspecified atom stereocenters. The summed E-state index contributed by atoms with van der Waals surface area (Å²) in [5.74, 6) is 5.29. The average Bonchev–Trinajstić information content (AvgIpc) is 2.71. The average molecular weight is 245 g/mol. The van der Waals surface area contributed by atoms with Crippen molar-refractivity contribution in [2.45, 2.75) is 6.54 Å². The molecule has 0 spiro atoms. The smallest absolute Gasteiger partial charge is 0.289 e. The molecule has 0 radical (unpaired) electrons. The second kappa shape index (κ2) is 4.89. The van der Waals surface area contributed by atoms with Crippen molar-refractivity contribution in [1.82, 2.24) is 14.6 Å². The van der Waals surface area contributed by atoms with Crippen LogP contribution in [0.4, 0.5) is 5.82 Å². The van der Waals surface area contributed by atoms with Crippen molar-refractivity contribution in [3.8, 4) is 0 Å². The summed E-state index contributed by atoms with van der Waals surface area (Å²) in [6.07, 6.45) is 1.54. The molecule has 0 aliphatic carbocycles. The van der Waals surface area contributed by atoms with Crippen LogP contribution < -0.4 is 11.6 Å². The van der Waals surface area contributed by atoms with E-state index < -0.39 is 5.91 Å². The standard InChI is InChI=1S/C12H15N5O/c1-16(14)12(18)10-11(13)17(8-15-10)7-9-5-3-2-4-6-9/h2-6,8H,7,13-14H2,1H3. The van der Waals surface area contributed by atoms with Gasteiger partial charge in [-0.25, -0.2) is 10.8 Å². The van der Waals surface area contributed by atoms with Crippen LogP contribution in [0.25, 0.3) is 0 Å². The number of nitrogens with two attached hydrogens (primary N) is 2. The van der Waals surface area contributed by atoms with Gasteiger partial charge in [-0.05, 0) is 5.56 Å². The number of anilines is 1. The van der Waals surface area contributed by atoms with Gasteiger partial charge < -0.3 is 10.3 Å². The Morgan fingerprint density at radius 1 is 1.39 bits per heavy atom. The highest BCUT2D eigenvalue weighted by atomic mass is 16.2. The van der Waals surface area contributed by atoms with Crippen molar-refractivity contribution in [1.29, 1.82) is 0 Å². The quantitative estimate of drug-likeness (QED) is 0.467. The van der Waals surface area contributed by atoms with E-state index in [1.807, 2.05) is 30.3 Å². The molecule has 0 fully saturated rings. The molecule has 0 saturated carbocycles. The lowest BCUT2D eigenvalue weighted by molar-refractivity contribution is 0.0791. The highest BCUT2D eigenvalue weighted by molar-refractivity contribution is 5.96. The first-order valence-electron chi connectivity index (χ1n) is 5.47. The molecule has 0 aliphatic heterocycles. The summed E-state index contributed by atoms with van der Waals surface area (Å²) in [6.45, 7) is 0.571. The summed E-state index contributed by atoms with van der Waals surface area (Å²) in [4.78, 5) is 15.7. The third-order valence-corrected chi connectivity index (χ3v) is 2.60. The van der Waals surface area contributed by atoms with E-state index in [0.717, 1.165) is 10.6 Å². The third kappa shape index (κ3) is 2.33. The zero-order valence-electron chi connectivity index (χ0n) is 10.1. The minimum Gasteiger partial charge on any atom is -0.383 e. The summed E-state index contributed by atoms with van der Waals surface area (Å²) >= 11 is 0. The van der Waals surface area contributed by atoms with Gasteiger partial charge >= 0.3 is 0 Å². The molecule has 2 rings (SSSR count). The van der Waals surface area contributed by atoms with Crippen LogP contribution in [0.3, 0.4) is 0 Å². The van der Waals surface area contributed by atoms with Gasteiger partial charge in [-0.15, -0.1) is 0 Å². The topological polar surface area (TPSA) is 90.2 Å². The first-order chi connectivity index (χ1) is 8.59. The van der Waals surface area contributed by atoms with Crippen LogP contribution in [0.15, 0.2) is 36.7 Å². The van der Waals surface area contributed by atoms with E-state index in [9.17, 15) is 4.79 Å². The molecule has 1 aromatic heterocycles. The van der Waals surface area contributed by atoms with Crippen LogP contribution in [0.2, 0.25) is 0 Å². The number of benzene rings is 1. The lowest BCUT2D eigenvalue weighted by Crippen LogP contribution is -2.33. The van der Waals surface area contributed by atoms with Crippen molar-refractivity contribution in [2.24, 2.45) is 5.84 Å². The number of amides is 1. The second-order valence-electron chi connectivity index (χ2n) is 4.01. The van der Waals surface area contributed by atoms with Crippen LogP contribution in [-0.2, 0) is 6.54 Å². The largest absolute Gasteiger partial charge is 0.383 e. The molecule has 1 aromatic carbocycles. The first-order valence-corrected chi connectivity index (χ1v) is 5.47. The van der Waals surface area contributed by atoms with Crippen LogP contribution >= 0.6 is 0 Å². The Bertz CT molecular complexity index is 547. The number of aromatic nitrogens is 2. The lowest BCUT2D eigenvalue weighted by atomic mass is 10.2. The van der Waals surface area contributed by atoms with Crippen molar-refractivity contribution in [2.75, 3.05) is 12.8 Å². The number of nitrogen functional groups attached to an aromatic ring is 1. The first kappa shape index (κ1) is 12.1. The van der Waals surface area contributed by atoms with Gasteiger partial charge in [0.2, 0.25) is 0 Å². The molecule has 0 saturated heterocycles. The second-order valence-corrected chi connectivity index (χ2v) is 4.01. The van der Waals surface area contributed by atoms with Crippen molar-refractivity contribution in [3.05, 3.63) is 47.9 Å². The van der Waals surface area contributed by atoms with E-state index in [-0.39, 0.29) is 5.69 Å². The number of nitrogens with zero attached hydrogens (tertiary/aromatic N) is 3. The highest BCUT2D eigenvalue weighted by Gasteiger charge is 2.17. The molecule has 1 heterocycles. The molecular formula is C12H15N5O. The van der Waals surface area contributed by atoms with E-state index in [1.54, 1.807) is 10.9 Å². The van der Waals surface area contributed by atoms with Crippen LogP contribution in [0.1, 0.15) is 16.1 Å². The van der Waals surface area contributed by atoms with Gasteiger partial charge in [-0.3, -0.25) is 9.80 Å². The van der Waals surface area contributed by atoms with Crippen molar-refractivity contribution in [3.63, 3.8) is 0 Å². The number of hydrazine groups is 1. The summed E-state index contributed by atoms with van der Waals surface area (Å²) in [5, 5.41) is 0.964. The summed E-state index contributed by atoms with van der Waals surface area (Å²) < 4.78 is 1.71. The maximum absolute atomic E-state index is 11.7. The SMILES string of the molecule is CN(N)C(=O)c1ncn(Cc2ccccc2)c1N. The molecule has 94 valence electrons. The number of carbonyl (C=O) groups is 1. The maximum atomic E-state index is 11.7. The Morgan fingerprint density at radius 3 is 2.67 bits per heavy atom. The summed E-state index contributed by atoms with van der Waals surface area (Å²) in [6, 6.07) is 9.80. The van der Waals surface area contributed by atoms with Gasteiger partial charge in [0.05, 0.1) is 12.9 Å². The normalized spacial score (nSPS) is 10.3. The van der Waals surface area contributed by atoms with Gasteiger partial charge in [0.1, 0.15) is 5.82 Å². The van der Waals surface area contributed by atoms with Gasteiger partial charge in [0, 0.05) is 7.05 Å². The molecular weight excluding hydrogens is 230 g/mol. The van der Waals surface area contributed by atoms with Crippen LogP contribution in [0.5, 0.6) is 0 Å². The fraction of sp³-hybridized carbons (Fsp3) is 0.167. The molecule has 0 bridgehead atoms. The van der Waals surface area contributed by atoms with Crippen LogP contribution in [0, 0.1) is 0 Å². The van der Waals surface area contributed by atoms with E-state index in [0.29, 0.717) is 12.4 Å². The number of rotatable bonds is 3. The van der Waals surface area contributed by atoms with Crippen molar-refractivity contribution < 1.29 is 4.79 Å². The minimum absolute atomic E-state index is 0.177. The lowest BCUT2D eigenvalue weighted by Gasteiger charge is -2.09. The Labute approximate surface area is 105 Å². The van der Waals surface area contributed by atoms with Crippen molar-refractivity contribution >= 4 is 11.7 Å². The Morgan fingerprint density at radius 2 is 2.06 bits per heavy atom. The molecule has 0 aliphatic rings.